The molecule has 1 aromatic rings. The number of hydrogen-bond acceptors (Lipinski definition) is 3. The molecule has 0 fully saturated rings. The van der Waals surface area contributed by atoms with Crippen molar-refractivity contribution in [3.05, 3.63) is 47.7 Å². The van der Waals surface area contributed by atoms with Gasteiger partial charge in [-0.2, -0.15) is 0 Å². The van der Waals surface area contributed by atoms with Crippen LogP contribution in [0.2, 0.25) is 0 Å². The Hall–Kier alpha value is -1.77. The van der Waals surface area contributed by atoms with Crippen LogP contribution in [0.1, 0.15) is 32.3 Å². The molecule has 0 spiro atoms. The zero-order chi connectivity index (χ0) is 15.0. The van der Waals surface area contributed by atoms with Crippen LogP contribution in [0.3, 0.4) is 0 Å². The molecule has 3 rings (SSSR count). The maximum absolute atomic E-state index is 5.93. The second kappa shape index (κ2) is 5.21. The molecule has 112 valence electrons. The summed E-state index contributed by atoms with van der Waals surface area (Å²) in [5.41, 5.74) is 1.17. The third-order valence-electron chi connectivity index (χ3n) is 4.41. The summed E-state index contributed by atoms with van der Waals surface area (Å²) in [7, 11) is 1.74. The molecule has 0 saturated heterocycles. The maximum atomic E-state index is 5.93. The Morgan fingerprint density at radius 3 is 2.52 bits per heavy atom. The van der Waals surface area contributed by atoms with E-state index >= 15 is 0 Å². The lowest BCUT2D eigenvalue weighted by molar-refractivity contribution is 0.225. The average Bonchev–Trinajstić information content (AvgIpc) is 2.99. The maximum Gasteiger partial charge on any atom is 0.188 e. The number of benzene rings is 1. The SMILES string of the molecule is COC1=C[C@@H](c2ccccc2)[C@H](C2=NC(C)(C)CO2)[C@H]1C. The minimum atomic E-state index is -0.119. The lowest BCUT2D eigenvalue weighted by atomic mass is 9.84. The summed E-state index contributed by atoms with van der Waals surface area (Å²) in [5.74, 6) is 2.69. The lowest BCUT2D eigenvalue weighted by Gasteiger charge is -2.23. The number of rotatable bonds is 3. The predicted molar refractivity (Wildman–Crippen MR) is 84.4 cm³/mol. The molecule has 1 aliphatic heterocycles. The fourth-order valence-corrected chi connectivity index (χ4v) is 3.30. The highest BCUT2D eigenvalue weighted by molar-refractivity contribution is 5.83. The molecule has 1 aliphatic carbocycles. The predicted octanol–water partition coefficient (Wildman–Crippen LogP) is 3.77. The summed E-state index contributed by atoms with van der Waals surface area (Å²) >= 11 is 0. The molecule has 2 aliphatic rings. The van der Waals surface area contributed by atoms with Gasteiger partial charge < -0.3 is 9.47 Å². The van der Waals surface area contributed by atoms with Crippen molar-refractivity contribution in [3.8, 4) is 0 Å². The molecule has 0 bridgehead atoms. The molecular formula is C18H23NO2. The van der Waals surface area contributed by atoms with Crippen molar-refractivity contribution in [1.29, 1.82) is 0 Å². The molecule has 0 saturated carbocycles. The Labute approximate surface area is 126 Å². The lowest BCUT2D eigenvalue weighted by Crippen LogP contribution is -2.24. The number of ether oxygens (including phenoxy) is 2. The molecule has 0 unspecified atom stereocenters. The van der Waals surface area contributed by atoms with Crippen molar-refractivity contribution in [1.82, 2.24) is 0 Å². The largest absolute Gasteiger partial charge is 0.501 e. The van der Waals surface area contributed by atoms with Gasteiger partial charge in [0, 0.05) is 11.8 Å². The average molecular weight is 285 g/mol. The zero-order valence-electron chi connectivity index (χ0n) is 13.2. The Morgan fingerprint density at radius 2 is 1.95 bits per heavy atom. The van der Waals surface area contributed by atoms with Crippen molar-refractivity contribution in [2.75, 3.05) is 13.7 Å². The van der Waals surface area contributed by atoms with Crippen LogP contribution < -0.4 is 0 Å². The highest BCUT2D eigenvalue weighted by Crippen LogP contribution is 2.44. The Morgan fingerprint density at radius 1 is 1.24 bits per heavy atom. The molecule has 3 atom stereocenters. The van der Waals surface area contributed by atoms with Crippen LogP contribution in [-0.2, 0) is 9.47 Å². The molecular weight excluding hydrogens is 262 g/mol. The first kappa shape index (κ1) is 14.2. The van der Waals surface area contributed by atoms with Crippen LogP contribution in [0, 0.1) is 11.8 Å². The van der Waals surface area contributed by atoms with Crippen molar-refractivity contribution in [2.24, 2.45) is 16.8 Å². The van der Waals surface area contributed by atoms with Gasteiger partial charge in [-0.15, -0.1) is 0 Å². The van der Waals surface area contributed by atoms with E-state index < -0.39 is 0 Å². The van der Waals surface area contributed by atoms with E-state index in [1.807, 2.05) is 6.07 Å². The van der Waals surface area contributed by atoms with Crippen LogP contribution in [0.5, 0.6) is 0 Å². The first-order chi connectivity index (χ1) is 10.0. The fraction of sp³-hybridized carbons (Fsp3) is 0.500. The van der Waals surface area contributed by atoms with Crippen molar-refractivity contribution < 1.29 is 9.47 Å². The summed E-state index contributed by atoms with van der Waals surface area (Å²) < 4.78 is 11.5. The van der Waals surface area contributed by atoms with E-state index in [9.17, 15) is 0 Å². The van der Waals surface area contributed by atoms with E-state index in [0.717, 1.165) is 11.7 Å². The Kier molecular flexibility index (Phi) is 3.52. The van der Waals surface area contributed by atoms with E-state index in [1.165, 1.54) is 5.56 Å². The van der Waals surface area contributed by atoms with Gasteiger partial charge in [0.05, 0.1) is 24.3 Å². The van der Waals surface area contributed by atoms with Crippen molar-refractivity contribution in [3.63, 3.8) is 0 Å². The van der Waals surface area contributed by atoms with Gasteiger partial charge >= 0.3 is 0 Å². The molecule has 21 heavy (non-hydrogen) atoms. The molecule has 3 heteroatoms. The van der Waals surface area contributed by atoms with E-state index in [4.69, 9.17) is 14.5 Å². The summed E-state index contributed by atoms with van der Waals surface area (Å²) in [5, 5.41) is 0. The van der Waals surface area contributed by atoms with Crippen LogP contribution >= 0.6 is 0 Å². The normalized spacial score (nSPS) is 30.6. The van der Waals surface area contributed by atoms with Gasteiger partial charge in [-0.25, -0.2) is 4.99 Å². The molecule has 3 nitrogen and oxygen atoms in total. The Bertz CT molecular complexity index is 574. The van der Waals surface area contributed by atoms with Gasteiger partial charge in [0.15, 0.2) is 5.90 Å². The highest BCUT2D eigenvalue weighted by atomic mass is 16.5. The van der Waals surface area contributed by atoms with E-state index in [2.05, 4.69) is 51.1 Å². The smallest absolute Gasteiger partial charge is 0.188 e. The first-order valence-corrected chi connectivity index (χ1v) is 7.55. The zero-order valence-corrected chi connectivity index (χ0v) is 13.2. The van der Waals surface area contributed by atoms with E-state index in [1.54, 1.807) is 7.11 Å². The van der Waals surface area contributed by atoms with E-state index in [0.29, 0.717) is 6.61 Å². The van der Waals surface area contributed by atoms with Gasteiger partial charge in [-0.05, 0) is 25.5 Å². The summed E-state index contributed by atoms with van der Waals surface area (Å²) in [6.45, 7) is 7.08. The molecule has 0 radical (unpaired) electrons. The van der Waals surface area contributed by atoms with Crippen LogP contribution in [0.15, 0.2) is 47.2 Å². The van der Waals surface area contributed by atoms with Gasteiger partial charge in [-0.3, -0.25) is 0 Å². The third-order valence-corrected chi connectivity index (χ3v) is 4.41. The van der Waals surface area contributed by atoms with Gasteiger partial charge in [0.2, 0.25) is 0 Å². The molecule has 0 aromatic heterocycles. The molecule has 1 heterocycles. The van der Waals surface area contributed by atoms with Crippen molar-refractivity contribution >= 4 is 5.90 Å². The number of methoxy groups -OCH3 is 1. The number of allylic oxidation sites excluding steroid dienone is 2. The van der Waals surface area contributed by atoms with Crippen LogP contribution in [0.4, 0.5) is 0 Å². The van der Waals surface area contributed by atoms with Crippen molar-refractivity contribution in [2.45, 2.75) is 32.2 Å². The van der Waals surface area contributed by atoms with Gasteiger partial charge in [0.25, 0.3) is 0 Å². The molecule has 0 N–H and O–H groups in total. The third kappa shape index (κ3) is 2.57. The topological polar surface area (TPSA) is 30.8 Å². The first-order valence-electron chi connectivity index (χ1n) is 7.55. The monoisotopic (exact) mass is 285 g/mol. The number of aliphatic imine (C=N–C) groups is 1. The minimum Gasteiger partial charge on any atom is -0.501 e. The van der Waals surface area contributed by atoms with E-state index in [-0.39, 0.29) is 23.3 Å². The fourth-order valence-electron chi connectivity index (χ4n) is 3.30. The highest BCUT2D eigenvalue weighted by Gasteiger charge is 2.43. The minimum absolute atomic E-state index is 0.119. The van der Waals surface area contributed by atoms with Crippen LogP contribution in [-0.4, -0.2) is 25.2 Å². The van der Waals surface area contributed by atoms with Gasteiger partial charge in [0.1, 0.15) is 6.61 Å². The molecule has 1 aromatic carbocycles. The second-order valence-corrected chi connectivity index (χ2v) is 6.58. The number of hydrogen-bond donors (Lipinski definition) is 0. The Balaban J connectivity index is 1.98. The number of nitrogens with zero attached hydrogens (tertiary/aromatic N) is 1. The standard InChI is InChI=1S/C18H23NO2/c1-12-15(20-4)10-14(13-8-6-5-7-9-13)16(12)17-19-18(2,3)11-21-17/h5-10,12,14,16H,11H2,1-4H3/t12-,14-,16+/m0/s1. The second-order valence-electron chi connectivity index (χ2n) is 6.58. The summed E-state index contributed by atoms with van der Waals surface area (Å²) in [4.78, 5) is 4.80. The molecule has 0 amide bonds. The summed E-state index contributed by atoms with van der Waals surface area (Å²) in [6, 6.07) is 10.5. The van der Waals surface area contributed by atoms with Gasteiger partial charge in [-0.1, -0.05) is 37.3 Å². The summed E-state index contributed by atoms with van der Waals surface area (Å²) in [6.07, 6.45) is 2.22. The van der Waals surface area contributed by atoms with Crippen LogP contribution in [0.25, 0.3) is 0 Å². The quantitative estimate of drug-likeness (QED) is 0.846.